The molecule has 9 nitrogen and oxygen atoms in total. The lowest BCUT2D eigenvalue weighted by molar-refractivity contribution is 1.07. The average molecular weight is 1350 g/mol. The molecular weight excluding hydrogens is 1290 g/mol. The maximum atomic E-state index is 5.32. The molecule has 6 heterocycles. The third-order valence-electron chi connectivity index (χ3n) is 19.2. The third kappa shape index (κ3) is 13.1. The van der Waals surface area contributed by atoms with Crippen LogP contribution in [0.25, 0.3) is 190 Å². The highest BCUT2D eigenvalue weighted by atomic mass is 15.0. The molecule has 0 bridgehead atoms. The van der Waals surface area contributed by atoms with Crippen LogP contribution in [0.2, 0.25) is 0 Å². The zero-order chi connectivity index (χ0) is 70.5. The molecule has 0 aliphatic rings. The predicted molar refractivity (Wildman–Crippen MR) is 434 cm³/mol. The van der Waals surface area contributed by atoms with Crippen molar-refractivity contribution in [2.24, 2.45) is 0 Å². The fraction of sp³-hybridized carbons (Fsp3) is 0. The molecule has 6 aromatic heterocycles. The van der Waals surface area contributed by atoms with E-state index < -0.39 is 0 Å². The summed E-state index contributed by atoms with van der Waals surface area (Å²) < 4.78 is 0. The predicted octanol–water partition coefficient (Wildman–Crippen LogP) is 24.2. The Balaban J connectivity index is 0.000000151. The van der Waals surface area contributed by atoms with Gasteiger partial charge >= 0.3 is 0 Å². The molecule has 19 rings (SSSR count). The van der Waals surface area contributed by atoms with Crippen molar-refractivity contribution >= 4 is 43.6 Å². The van der Waals surface area contributed by atoms with E-state index in [1.807, 2.05) is 146 Å². The maximum Gasteiger partial charge on any atom is 0.164 e. The lowest BCUT2D eigenvalue weighted by Crippen LogP contribution is -2.00. The molecule has 106 heavy (non-hydrogen) atoms. The van der Waals surface area contributed by atoms with Crippen molar-refractivity contribution in [1.29, 1.82) is 0 Å². The van der Waals surface area contributed by atoms with E-state index in [2.05, 4.69) is 237 Å². The summed E-state index contributed by atoms with van der Waals surface area (Å²) in [7, 11) is 0. The quantitative estimate of drug-likeness (QED) is 0.104. The molecule has 13 aromatic carbocycles. The van der Waals surface area contributed by atoms with E-state index in [1.165, 1.54) is 5.56 Å². The Morgan fingerprint density at radius 1 is 0.132 bits per heavy atom. The van der Waals surface area contributed by atoms with E-state index in [0.717, 1.165) is 161 Å². The highest BCUT2D eigenvalue weighted by Crippen LogP contribution is 2.40. The zero-order valence-corrected chi connectivity index (χ0v) is 57.4. The van der Waals surface area contributed by atoms with Gasteiger partial charge < -0.3 is 0 Å². The molecule has 9 heteroatoms. The van der Waals surface area contributed by atoms with E-state index >= 15 is 0 Å². The van der Waals surface area contributed by atoms with Gasteiger partial charge in [0.05, 0.1) is 56.2 Å². The number of aromatic nitrogens is 9. The summed E-state index contributed by atoms with van der Waals surface area (Å²) in [6.45, 7) is 0. The number of hydrogen-bond acceptors (Lipinski definition) is 9. The van der Waals surface area contributed by atoms with Gasteiger partial charge in [0, 0.05) is 77.2 Å². The molecule has 496 valence electrons. The number of nitrogens with zero attached hydrogens (tertiary/aromatic N) is 9. The molecule has 0 radical (unpaired) electrons. The Kier molecular flexibility index (Phi) is 17.2. The van der Waals surface area contributed by atoms with Crippen molar-refractivity contribution in [3.05, 3.63) is 382 Å². The van der Waals surface area contributed by atoms with Gasteiger partial charge in [-0.15, -0.1) is 0 Å². The van der Waals surface area contributed by atoms with Crippen LogP contribution < -0.4 is 0 Å². The van der Waals surface area contributed by atoms with E-state index in [4.69, 9.17) is 44.9 Å². The molecule has 0 unspecified atom stereocenters. The van der Waals surface area contributed by atoms with Crippen molar-refractivity contribution in [3.8, 4) is 146 Å². The van der Waals surface area contributed by atoms with Gasteiger partial charge in [-0.3, -0.25) is 0 Å². The normalized spacial score (nSPS) is 11.2. The molecule has 0 aliphatic heterocycles. The molecule has 0 amide bonds. The van der Waals surface area contributed by atoms with Crippen molar-refractivity contribution in [1.82, 2.24) is 44.9 Å². The van der Waals surface area contributed by atoms with Crippen molar-refractivity contribution < 1.29 is 0 Å². The van der Waals surface area contributed by atoms with Gasteiger partial charge in [-0.25, -0.2) is 44.9 Å². The second-order valence-electron chi connectivity index (χ2n) is 26.0. The van der Waals surface area contributed by atoms with Gasteiger partial charge in [-0.2, -0.15) is 0 Å². The molecule has 0 N–H and O–H groups in total. The lowest BCUT2D eigenvalue weighted by Gasteiger charge is -2.14. The first-order chi connectivity index (χ1) is 52.5. The van der Waals surface area contributed by atoms with Gasteiger partial charge in [0.2, 0.25) is 0 Å². The third-order valence-corrected chi connectivity index (χ3v) is 19.2. The Labute approximate surface area is 613 Å². The van der Waals surface area contributed by atoms with Gasteiger partial charge in [0.25, 0.3) is 0 Å². The molecule has 0 fully saturated rings. The first-order valence-corrected chi connectivity index (χ1v) is 35.4. The highest BCUT2D eigenvalue weighted by Gasteiger charge is 2.20. The van der Waals surface area contributed by atoms with Crippen molar-refractivity contribution in [2.45, 2.75) is 0 Å². The summed E-state index contributed by atoms with van der Waals surface area (Å²) in [5, 5.41) is 4.18. The van der Waals surface area contributed by atoms with E-state index in [1.54, 1.807) is 0 Å². The van der Waals surface area contributed by atoms with Crippen LogP contribution in [0, 0.1) is 0 Å². The minimum atomic E-state index is 0.623. The van der Waals surface area contributed by atoms with Crippen LogP contribution in [0.3, 0.4) is 0 Å². The van der Waals surface area contributed by atoms with Crippen LogP contribution in [-0.4, -0.2) is 44.9 Å². The first-order valence-electron chi connectivity index (χ1n) is 35.4. The van der Waals surface area contributed by atoms with Crippen molar-refractivity contribution in [3.63, 3.8) is 0 Å². The van der Waals surface area contributed by atoms with Gasteiger partial charge in [0.1, 0.15) is 0 Å². The standard InChI is InChI=1S/C52H34N4.C45H29N5/c1-5-14-35(15-6-1)42-22-13-23-43(32-42)46-31-29-40-28-30-44-45(33-47(37-16-7-2-8-17-37)54-51(44)50(40)53-46)36-24-26-41(27-25-36)52-55-48(38-18-9-3-10-19-38)34-49(56-52)39-20-11-4-12-21-39;1-5-13-31(14-6-1)39-28-26-33-25-27-37-38(29-40(32-15-7-2-8-16-32)47-42(37)41(33)46-39)30-21-23-36(24-22-30)45-49-43(34-17-9-3-10-18-34)48-44(50-45)35-19-11-4-12-20-35/h1-34H;1-29H. The number of rotatable bonds is 13. The number of hydrogen-bond donors (Lipinski definition) is 0. The SMILES string of the molecule is c1ccc(-c2ccc3ccc4c(-c5ccc(-c6nc(-c7ccccc7)nc(-c7ccccc7)n6)cc5)cc(-c5ccccc5)nc4c3n2)cc1.c1ccc(-c2cccc(-c3ccc4ccc5c(-c6ccc(-c7nc(-c8ccccc8)cc(-c8ccccc8)n7)cc6)cc(-c6ccccc6)nc5c4n3)c2)cc1. The summed E-state index contributed by atoms with van der Waals surface area (Å²) >= 11 is 0. The largest absolute Gasteiger partial charge is 0.245 e. The first kappa shape index (κ1) is 63.7. The van der Waals surface area contributed by atoms with Crippen LogP contribution in [0.15, 0.2) is 382 Å². The Morgan fingerprint density at radius 3 is 0.774 bits per heavy atom. The summed E-state index contributed by atoms with van der Waals surface area (Å²) in [5.41, 5.74) is 25.6. The lowest BCUT2D eigenvalue weighted by atomic mass is 9.96. The van der Waals surface area contributed by atoms with Crippen LogP contribution in [0.4, 0.5) is 0 Å². The zero-order valence-electron chi connectivity index (χ0n) is 57.4. The summed E-state index contributed by atoms with van der Waals surface area (Å²) in [6, 6.07) is 131. The van der Waals surface area contributed by atoms with Gasteiger partial charge in [0.15, 0.2) is 23.3 Å². The molecular formula is C97H63N9. The summed E-state index contributed by atoms with van der Waals surface area (Å²) in [4.78, 5) is 45.9. The smallest absolute Gasteiger partial charge is 0.164 e. The fourth-order valence-electron chi connectivity index (χ4n) is 13.8. The summed E-state index contributed by atoms with van der Waals surface area (Å²) in [5.74, 6) is 2.58. The molecule has 0 aliphatic carbocycles. The average Bonchev–Trinajstić information content (AvgIpc) is 0.757. The topological polar surface area (TPSA) is 116 Å². The molecule has 0 saturated heterocycles. The van der Waals surface area contributed by atoms with Crippen LogP contribution in [0.1, 0.15) is 0 Å². The van der Waals surface area contributed by atoms with Gasteiger partial charge in [-0.05, 0) is 69.8 Å². The second kappa shape index (κ2) is 28.5. The highest BCUT2D eigenvalue weighted by molar-refractivity contribution is 6.11. The minimum absolute atomic E-state index is 0.623. The molecule has 0 spiro atoms. The van der Waals surface area contributed by atoms with Crippen LogP contribution in [0.5, 0.6) is 0 Å². The van der Waals surface area contributed by atoms with E-state index in [-0.39, 0.29) is 0 Å². The summed E-state index contributed by atoms with van der Waals surface area (Å²) in [6.07, 6.45) is 0. The van der Waals surface area contributed by atoms with Crippen molar-refractivity contribution in [2.75, 3.05) is 0 Å². The molecule has 19 aromatic rings. The van der Waals surface area contributed by atoms with Gasteiger partial charge in [-0.1, -0.05) is 346 Å². The van der Waals surface area contributed by atoms with Crippen LogP contribution in [-0.2, 0) is 0 Å². The minimum Gasteiger partial charge on any atom is -0.245 e. The maximum absolute atomic E-state index is 5.32. The van der Waals surface area contributed by atoms with E-state index in [0.29, 0.717) is 23.3 Å². The number of benzene rings is 13. The van der Waals surface area contributed by atoms with E-state index in [9.17, 15) is 0 Å². The molecule has 0 saturated carbocycles. The Morgan fingerprint density at radius 2 is 0.396 bits per heavy atom. The monoisotopic (exact) mass is 1350 g/mol. The Hall–Kier alpha value is -14.4. The molecule has 0 atom stereocenters. The Bertz CT molecular complexity index is 6260. The number of fused-ring (bicyclic) bond motifs is 6. The second-order valence-corrected chi connectivity index (χ2v) is 26.0. The fourth-order valence-corrected chi connectivity index (χ4v) is 13.8. The number of pyridine rings is 4. The van der Waals surface area contributed by atoms with Crippen LogP contribution >= 0.6 is 0 Å².